The molecule has 3 aromatic heterocycles. The number of nitrogens with zero attached hydrogens (tertiary/aromatic N) is 2. The Hall–Kier alpha value is -3.52. The molecule has 0 aliphatic rings. The standard InChI is InChI=1S/C30H24N2O2S3/c1-17-9-5-10-18(2)27(17)33-29-23(21-13-7-15-35-21)25-26(32-37-31-25)24(22-14-8-16-36-22)30(29)34-28-19(3)11-6-12-20(28)4/h5-16H,1-4H3. The summed E-state index contributed by atoms with van der Waals surface area (Å²) in [6.07, 6.45) is 0. The molecular weight excluding hydrogens is 517 g/mol. The van der Waals surface area contributed by atoms with Crippen molar-refractivity contribution in [2.75, 3.05) is 0 Å². The van der Waals surface area contributed by atoms with Crippen LogP contribution in [0.3, 0.4) is 0 Å². The molecule has 37 heavy (non-hydrogen) atoms. The predicted octanol–water partition coefficient (Wildman–Crippen LogP) is 9.97. The molecule has 6 rings (SSSR count). The number of thiophene rings is 2. The number of fused-ring (bicyclic) bond motifs is 1. The molecular formula is C30H24N2O2S3. The van der Waals surface area contributed by atoms with Crippen LogP contribution < -0.4 is 9.47 Å². The molecule has 0 amide bonds. The maximum Gasteiger partial charge on any atom is 0.181 e. The van der Waals surface area contributed by atoms with Crippen molar-refractivity contribution < 1.29 is 9.47 Å². The molecule has 0 N–H and O–H groups in total. The van der Waals surface area contributed by atoms with Gasteiger partial charge in [-0.1, -0.05) is 48.5 Å². The van der Waals surface area contributed by atoms with Gasteiger partial charge in [-0.2, -0.15) is 8.75 Å². The summed E-state index contributed by atoms with van der Waals surface area (Å²) in [5, 5.41) is 4.14. The van der Waals surface area contributed by atoms with Gasteiger partial charge in [-0.3, -0.25) is 0 Å². The van der Waals surface area contributed by atoms with E-state index in [0.29, 0.717) is 11.5 Å². The van der Waals surface area contributed by atoms with Crippen molar-refractivity contribution >= 4 is 45.4 Å². The van der Waals surface area contributed by atoms with Gasteiger partial charge in [-0.15, -0.1) is 22.7 Å². The number of aromatic nitrogens is 2. The van der Waals surface area contributed by atoms with Crippen LogP contribution in [-0.2, 0) is 0 Å². The van der Waals surface area contributed by atoms with Crippen LogP contribution in [0.1, 0.15) is 22.3 Å². The summed E-state index contributed by atoms with van der Waals surface area (Å²) in [7, 11) is 0. The first-order valence-corrected chi connectivity index (χ1v) is 14.4. The summed E-state index contributed by atoms with van der Waals surface area (Å²) >= 11 is 4.53. The lowest BCUT2D eigenvalue weighted by Gasteiger charge is -2.22. The van der Waals surface area contributed by atoms with Gasteiger partial charge in [-0.25, -0.2) is 0 Å². The molecule has 4 nitrogen and oxygen atoms in total. The van der Waals surface area contributed by atoms with Crippen molar-refractivity contribution in [1.82, 2.24) is 8.75 Å². The van der Waals surface area contributed by atoms with Gasteiger partial charge in [0, 0.05) is 9.75 Å². The Bertz CT molecular complexity index is 1550. The van der Waals surface area contributed by atoms with Crippen LogP contribution in [-0.4, -0.2) is 8.75 Å². The second kappa shape index (κ2) is 9.74. The molecule has 0 bridgehead atoms. The van der Waals surface area contributed by atoms with E-state index in [9.17, 15) is 0 Å². The molecule has 0 unspecified atom stereocenters. The van der Waals surface area contributed by atoms with Gasteiger partial charge < -0.3 is 9.47 Å². The van der Waals surface area contributed by atoms with Gasteiger partial charge in [0.15, 0.2) is 11.5 Å². The summed E-state index contributed by atoms with van der Waals surface area (Å²) in [6, 6.07) is 20.7. The SMILES string of the molecule is Cc1cccc(C)c1Oc1c(Oc2c(C)cccc2C)c(-c2cccs2)c2nsnc2c1-c1cccs1. The third kappa shape index (κ3) is 4.23. The average Bonchev–Trinajstić information content (AvgIpc) is 3.66. The molecule has 6 aromatic rings. The van der Waals surface area contributed by atoms with Crippen LogP contribution in [0.25, 0.3) is 31.9 Å². The first-order valence-electron chi connectivity index (χ1n) is 11.9. The van der Waals surface area contributed by atoms with E-state index in [2.05, 4.69) is 87.0 Å². The highest BCUT2D eigenvalue weighted by atomic mass is 32.1. The van der Waals surface area contributed by atoms with Crippen LogP contribution in [0.15, 0.2) is 71.4 Å². The summed E-state index contributed by atoms with van der Waals surface area (Å²) in [5.41, 5.74) is 7.70. The van der Waals surface area contributed by atoms with Crippen molar-refractivity contribution in [2.45, 2.75) is 27.7 Å². The molecule has 184 valence electrons. The Morgan fingerprint density at radius 2 is 0.919 bits per heavy atom. The molecule has 0 saturated heterocycles. The van der Waals surface area contributed by atoms with E-state index < -0.39 is 0 Å². The average molecular weight is 541 g/mol. The predicted molar refractivity (Wildman–Crippen MR) is 156 cm³/mol. The normalized spacial score (nSPS) is 11.2. The van der Waals surface area contributed by atoms with E-state index in [1.54, 1.807) is 22.7 Å². The van der Waals surface area contributed by atoms with Gasteiger partial charge in [0.1, 0.15) is 22.5 Å². The summed E-state index contributed by atoms with van der Waals surface area (Å²) in [6.45, 7) is 8.29. The zero-order chi connectivity index (χ0) is 25.5. The van der Waals surface area contributed by atoms with E-state index in [-0.39, 0.29) is 0 Å². The molecule has 0 saturated carbocycles. The Kier molecular flexibility index (Phi) is 6.28. The van der Waals surface area contributed by atoms with Gasteiger partial charge in [0.25, 0.3) is 0 Å². The van der Waals surface area contributed by atoms with Gasteiger partial charge in [0.2, 0.25) is 0 Å². The zero-order valence-electron chi connectivity index (χ0n) is 20.9. The minimum atomic E-state index is 0.658. The summed E-state index contributed by atoms with van der Waals surface area (Å²) in [4.78, 5) is 2.12. The van der Waals surface area contributed by atoms with Gasteiger partial charge in [0.05, 0.1) is 22.9 Å². The maximum absolute atomic E-state index is 6.92. The number of benzene rings is 3. The summed E-state index contributed by atoms with van der Waals surface area (Å²) in [5.74, 6) is 2.97. The first-order chi connectivity index (χ1) is 18.0. The van der Waals surface area contributed by atoms with Crippen LogP contribution in [0.4, 0.5) is 0 Å². The lowest BCUT2D eigenvalue weighted by atomic mass is 10.0. The molecule has 0 fully saturated rings. The second-order valence-electron chi connectivity index (χ2n) is 8.97. The number of aryl methyl sites for hydroxylation is 4. The lowest BCUT2D eigenvalue weighted by Crippen LogP contribution is -2.00. The molecule has 7 heteroatoms. The Morgan fingerprint density at radius 1 is 0.514 bits per heavy atom. The molecule has 0 atom stereocenters. The number of para-hydroxylation sites is 2. The van der Waals surface area contributed by atoms with E-state index in [0.717, 1.165) is 65.7 Å². The van der Waals surface area contributed by atoms with Crippen molar-refractivity contribution in [3.05, 3.63) is 93.7 Å². The van der Waals surface area contributed by atoms with E-state index in [1.807, 2.05) is 12.1 Å². The highest BCUT2D eigenvalue weighted by Gasteiger charge is 2.30. The third-order valence-electron chi connectivity index (χ3n) is 6.38. The maximum atomic E-state index is 6.92. The van der Waals surface area contributed by atoms with Crippen molar-refractivity contribution in [3.63, 3.8) is 0 Å². The van der Waals surface area contributed by atoms with Crippen molar-refractivity contribution in [1.29, 1.82) is 0 Å². The third-order valence-corrected chi connectivity index (χ3v) is 8.69. The Balaban J connectivity index is 1.74. The quantitative estimate of drug-likeness (QED) is 0.211. The number of ether oxygens (including phenoxy) is 2. The zero-order valence-corrected chi connectivity index (χ0v) is 23.3. The Labute approximate surface area is 228 Å². The van der Waals surface area contributed by atoms with Crippen LogP contribution >= 0.6 is 34.4 Å². The molecule has 0 spiro atoms. The van der Waals surface area contributed by atoms with Crippen LogP contribution in [0, 0.1) is 27.7 Å². The Morgan fingerprint density at radius 3 is 1.27 bits per heavy atom. The van der Waals surface area contributed by atoms with E-state index >= 15 is 0 Å². The highest BCUT2D eigenvalue weighted by Crippen LogP contribution is 2.55. The second-order valence-corrected chi connectivity index (χ2v) is 11.4. The fourth-order valence-corrected chi connectivity index (χ4v) is 6.67. The number of hydrogen-bond donors (Lipinski definition) is 0. The fourth-order valence-electron chi connectivity index (χ4n) is 4.58. The molecule has 3 heterocycles. The number of hydrogen-bond acceptors (Lipinski definition) is 7. The van der Waals surface area contributed by atoms with Crippen molar-refractivity contribution in [2.24, 2.45) is 0 Å². The van der Waals surface area contributed by atoms with Gasteiger partial charge >= 0.3 is 0 Å². The highest BCUT2D eigenvalue weighted by molar-refractivity contribution is 7.14. The van der Waals surface area contributed by atoms with Crippen LogP contribution in [0.2, 0.25) is 0 Å². The topological polar surface area (TPSA) is 44.2 Å². The molecule has 3 aromatic carbocycles. The fraction of sp³-hybridized carbons (Fsp3) is 0.133. The van der Waals surface area contributed by atoms with E-state index in [1.165, 1.54) is 11.7 Å². The molecule has 0 aliphatic carbocycles. The number of rotatable bonds is 6. The van der Waals surface area contributed by atoms with Crippen LogP contribution in [0.5, 0.6) is 23.0 Å². The van der Waals surface area contributed by atoms with Crippen molar-refractivity contribution in [3.8, 4) is 43.9 Å². The summed E-state index contributed by atoms with van der Waals surface area (Å²) < 4.78 is 23.4. The first kappa shape index (κ1) is 23.9. The minimum Gasteiger partial charge on any atom is -0.452 e. The lowest BCUT2D eigenvalue weighted by molar-refractivity contribution is 0.416. The minimum absolute atomic E-state index is 0.658. The van der Waals surface area contributed by atoms with E-state index in [4.69, 9.17) is 18.2 Å². The van der Waals surface area contributed by atoms with Gasteiger partial charge in [-0.05, 0) is 72.8 Å². The molecule has 0 radical (unpaired) electrons. The largest absolute Gasteiger partial charge is 0.452 e. The molecule has 0 aliphatic heterocycles. The monoisotopic (exact) mass is 540 g/mol. The smallest absolute Gasteiger partial charge is 0.181 e.